The first-order valence-electron chi connectivity index (χ1n) is 6.27. The first-order chi connectivity index (χ1) is 9.60. The first-order valence-corrected chi connectivity index (χ1v) is 7.03. The number of hydrogen-bond acceptors (Lipinski definition) is 2. The summed E-state index contributed by atoms with van der Waals surface area (Å²) in [5.74, 6) is 0. The van der Waals surface area contributed by atoms with Crippen LogP contribution in [0.4, 0.5) is 0 Å². The zero-order valence-electron chi connectivity index (χ0n) is 11.0. The second-order valence-corrected chi connectivity index (χ2v) is 5.40. The molecule has 0 aromatic heterocycles. The van der Waals surface area contributed by atoms with Gasteiger partial charge >= 0.3 is 0 Å². The quantitative estimate of drug-likeness (QED) is 0.887. The Balaban J connectivity index is 1.99. The minimum Gasteiger partial charge on any atom is -0.306 e. The first kappa shape index (κ1) is 14.9. The molecule has 0 aliphatic rings. The van der Waals surface area contributed by atoms with Crippen molar-refractivity contribution in [3.63, 3.8) is 0 Å². The molecule has 20 heavy (non-hydrogen) atoms. The molecular formula is C16H14Cl2N2. The highest BCUT2D eigenvalue weighted by Gasteiger charge is 2.06. The molecule has 0 spiro atoms. The Kier molecular flexibility index (Phi) is 5.03. The van der Waals surface area contributed by atoms with Crippen LogP contribution in [0.15, 0.2) is 42.5 Å². The van der Waals surface area contributed by atoms with Crippen LogP contribution in [0.1, 0.15) is 29.7 Å². The topological polar surface area (TPSA) is 35.8 Å². The van der Waals surface area contributed by atoms with Gasteiger partial charge in [-0.2, -0.15) is 5.26 Å². The summed E-state index contributed by atoms with van der Waals surface area (Å²) in [5, 5.41) is 13.3. The van der Waals surface area contributed by atoms with Gasteiger partial charge in [-0.25, -0.2) is 0 Å². The molecule has 0 saturated carbocycles. The number of benzene rings is 2. The Morgan fingerprint density at radius 2 is 1.80 bits per heavy atom. The van der Waals surface area contributed by atoms with Crippen LogP contribution in [0.3, 0.4) is 0 Å². The fraction of sp³-hybridized carbons (Fsp3) is 0.188. The third-order valence-electron chi connectivity index (χ3n) is 3.14. The van der Waals surface area contributed by atoms with Crippen LogP contribution in [0.5, 0.6) is 0 Å². The Morgan fingerprint density at radius 1 is 1.10 bits per heavy atom. The van der Waals surface area contributed by atoms with Gasteiger partial charge in [-0.15, -0.1) is 0 Å². The van der Waals surface area contributed by atoms with E-state index in [0.717, 1.165) is 11.1 Å². The van der Waals surface area contributed by atoms with E-state index in [9.17, 15) is 0 Å². The van der Waals surface area contributed by atoms with Crippen molar-refractivity contribution in [3.8, 4) is 6.07 Å². The van der Waals surface area contributed by atoms with E-state index >= 15 is 0 Å². The van der Waals surface area contributed by atoms with Gasteiger partial charge in [0, 0.05) is 12.6 Å². The highest BCUT2D eigenvalue weighted by Crippen LogP contribution is 2.23. The summed E-state index contributed by atoms with van der Waals surface area (Å²) in [7, 11) is 0. The Morgan fingerprint density at radius 3 is 2.40 bits per heavy atom. The van der Waals surface area contributed by atoms with Gasteiger partial charge in [-0.3, -0.25) is 0 Å². The van der Waals surface area contributed by atoms with Gasteiger partial charge < -0.3 is 5.32 Å². The summed E-state index contributed by atoms with van der Waals surface area (Å²) < 4.78 is 0. The van der Waals surface area contributed by atoms with Crippen molar-refractivity contribution in [2.75, 3.05) is 0 Å². The van der Waals surface area contributed by atoms with Gasteiger partial charge in [0.05, 0.1) is 21.7 Å². The molecule has 0 heterocycles. The van der Waals surface area contributed by atoms with E-state index in [1.165, 1.54) is 0 Å². The highest BCUT2D eigenvalue weighted by atomic mass is 35.5. The predicted molar refractivity (Wildman–Crippen MR) is 82.9 cm³/mol. The van der Waals surface area contributed by atoms with Crippen molar-refractivity contribution in [3.05, 3.63) is 69.2 Å². The van der Waals surface area contributed by atoms with Crippen molar-refractivity contribution in [1.82, 2.24) is 5.32 Å². The van der Waals surface area contributed by atoms with Crippen LogP contribution < -0.4 is 5.32 Å². The maximum Gasteiger partial charge on any atom is 0.0991 e. The average Bonchev–Trinajstić information content (AvgIpc) is 2.48. The smallest absolute Gasteiger partial charge is 0.0991 e. The number of halogens is 2. The van der Waals surface area contributed by atoms with Gasteiger partial charge in [0.1, 0.15) is 0 Å². The molecule has 2 aromatic rings. The summed E-state index contributed by atoms with van der Waals surface area (Å²) in [6.45, 7) is 2.79. The average molecular weight is 305 g/mol. The predicted octanol–water partition coefficient (Wildman–Crippen LogP) is 4.72. The lowest BCUT2D eigenvalue weighted by molar-refractivity contribution is 0.575. The molecule has 0 aliphatic carbocycles. The van der Waals surface area contributed by atoms with Gasteiger partial charge in [-0.1, -0.05) is 41.4 Å². The molecule has 1 unspecified atom stereocenters. The van der Waals surface area contributed by atoms with E-state index in [2.05, 4.69) is 18.3 Å². The molecule has 2 rings (SSSR count). The molecule has 4 heteroatoms. The number of nitrogens with one attached hydrogen (secondary N) is 1. The lowest BCUT2D eigenvalue weighted by atomic mass is 10.1. The standard InChI is InChI=1S/C16H14Cl2N2/c1-11(14-5-2-12(9-19)3-6-14)20-10-13-4-7-15(17)16(18)8-13/h2-8,11,20H,10H2,1H3. The molecule has 0 bridgehead atoms. The maximum absolute atomic E-state index is 8.78. The molecule has 2 nitrogen and oxygen atoms in total. The molecule has 2 aromatic carbocycles. The third-order valence-corrected chi connectivity index (χ3v) is 3.88. The van der Waals surface area contributed by atoms with E-state index in [1.54, 1.807) is 6.07 Å². The fourth-order valence-corrected chi connectivity index (χ4v) is 2.21. The normalized spacial score (nSPS) is 11.9. The van der Waals surface area contributed by atoms with Crippen LogP contribution in [0.2, 0.25) is 10.0 Å². The summed E-state index contributed by atoms with van der Waals surface area (Å²) in [6.07, 6.45) is 0. The molecular weight excluding hydrogens is 291 g/mol. The van der Waals surface area contributed by atoms with Crippen molar-refractivity contribution in [2.24, 2.45) is 0 Å². The minimum atomic E-state index is 0.192. The summed E-state index contributed by atoms with van der Waals surface area (Å²) in [5.41, 5.74) is 2.90. The van der Waals surface area contributed by atoms with Gasteiger partial charge in [0.2, 0.25) is 0 Å². The van der Waals surface area contributed by atoms with Crippen LogP contribution in [0, 0.1) is 11.3 Å². The summed E-state index contributed by atoms with van der Waals surface area (Å²) >= 11 is 11.9. The molecule has 102 valence electrons. The Bertz CT molecular complexity index is 630. The Labute approximate surface area is 128 Å². The second-order valence-electron chi connectivity index (χ2n) is 4.58. The lowest BCUT2D eigenvalue weighted by Gasteiger charge is -2.14. The fourth-order valence-electron chi connectivity index (χ4n) is 1.88. The van der Waals surface area contributed by atoms with Gasteiger partial charge in [0.25, 0.3) is 0 Å². The number of rotatable bonds is 4. The van der Waals surface area contributed by atoms with Crippen molar-refractivity contribution < 1.29 is 0 Å². The van der Waals surface area contributed by atoms with Crippen LogP contribution >= 0.6 is 23.2 Å². The number of nitriles is 1. The number of nitrogens with zero attached hydrogens (tertiary/aromatic N) is 1. The summed E-state index contributed by atoms with van der Waals surface area (Å²) in [6, 6.07) is 15.5. The second kappa shape index (κ2) is 6.76. The zero-order valence-corrected chi connectivity index (χ0v) is 12.5. The SMILES string of the molecule is CC(NCc1ccc(Cl)c(Cl)c1)c1ccc(C#N)cc1. The zero-order chi connectivity index (χ0) is 14.5. The number of hydrogen-bond donors (Lipinski definition) is 1. The van der Waals surface area contributed by atoms with E-state index < -0.39 is 0 Å². The van der Waals surface area contributed by atoms with Gasteiger partial charge in [0.15, 0.2) is 0 Å². The van der Waals surface area contributed by atoms with Crippen LogP contribution in [-0.2, 0) is 6.54 Å². The van der Waals surface area contributed by atoms with Crippen molar-refractivity contribution >= 4 is 23.2 Å². The molecule has 0 radical (unpaired) electrons. The molecule has 0 aliphatic heterocycles. The minimum absolute atomic E-state index is 0.192. The lowest BCUT2D eigenvalue weighted by Crippen LogP contribution is -2.18. The Hall–Kier alpha value is -1.53. The molecule has 1 atom stereocenters. The molecule has 0 saturated heterocycles. The monoisotopic (exact) mass is 304 g/mol. The van der Waals surface area contributed by atoms with E-state index in [4.69, 9.17) is 28.5 Å². The molecule has 1 N–H and O–H groups in total. The van der Waals surface area contributed by atoms with E-state index in [-0.39, 0.29) is 6.04 Å². The van der Waals surface area contributed by atoms with Gasteiger partial charge in [-0.05, 0) is 42.3 Å². The molecule has 0 fully saturated rings. The largest absolute Gasteiger partial charge is 0.306 e. The van der Waals surface area contributed by atoms with Crippen molar-refractivity contribution in [1.29, 1.82) is 5.26 Å². The van der Waals surface area contributed by atoms with Crippen LogP contribution in [-0.4, -0.2) is 0 Å². The van der Waals surface area contributed by atoms with Crippen molar-refractivity contribution in [2.45, 2.75) is 19.5 Å². The third kappa shape index (κ3) is 3.74. The van der Waals surface area contributed by atoms with E-state index in [0.29, 0.717) is 22.2 Å². The van der Waals surface area contributed by atoms with E-state index in [1.807, 2.05) is 36.4 Å². The maximum atomic E-state index is 8.78. The highest BCUT2D eigenvalue weighted by molar-refractivity contribution is 6.42. The molecule has 0 amide bonds. The van der Waals surface area contributed by atoms with Crippen LogP contribution in [0.25, 0.3) is 0 Å². The summed E-state index contributed by atoms with van der Waals surface area (Å²) in [4.78, 5) is 0.